The van der Waals surface area contributed by atoms with E-state index in [2.05, 4.69) is 15.6 Å². The van der Waals surface area contributed by atoms with Gasteiger partial charge in [0.15, 0.2) is 0 Å². The number of para-hydroxylation sites is 2. The number of ether oxygens (including phenoxy) is 3. The Kier molecular flexibility index (Phi) is 5.69. The Morgan fingerprint density at radius 2 is 1.82 bits per heavy atom. The van der Waals surface area contributed by atoms with Gasteiger partial charge in [-0.1, -0.05) is 12.1 Å². The molecule has 0 aliphatic heterocycles. The summed E-state index contributed by atoms with van der Waals surface area (Å²) in [7, 11) is 3.06. The molecule has 3 N–H and O–H groups in total. The van der Waals surface area contributed by atoms with Gasteiger partial charge in [-0.25, -0.2) is 9.59 Å². The summed E-state index contributed by atoms with van der Waals surface area (Å²) in [6, 6.07) is 11.7. The minimum atomic E-state index is -0.565. The number of carbonyl (C=O) groups excluding carboxylic acids is 2. The second kappa shape index (κ2) is 8.34. The SMILES string of the molecule is CCOC(=O)c1[nH]c2ccc(OC)cc2c1NC(=O)Nc1ccccc1OC. The average molecular weight is 383 g/mol. The molecule has 2 amide bonds. The Hall–Kier alpha value is -3.68. The first-order valence-electron chi connectivity index (χ1n) is 8.65. The molecule has 1 aromatic heterocycles. The maximum atomic E-state index is 12.6. The predicted molar refractivity (Wildman–Crippen MR) is 106 cm³/mol. The van der Waals surface area contributed by atoms with E-state index in [1.165, 1.54) is 7.11 Å². The lowest BCUT2D eigenvalue weighted by atomic mass is 10.2. The number of hydrogen-bond acceptors (Lipinski definition) is 5. The van der Waals surface area contributed by atoms with E-state index in [1.807, 2.05) is 0 Å². The maximum absolute atomic E-state index is 12.6. The van der Waals surface area contributed by atoms with Crippen LogP contribution in [0.2, 0.25) is 0 Å². The van der Waals surface area contributed by atoms with Crippen LogP contribution >= 0.6 is 0 Å². The molecule has 28 heavy (non-hydrogen) atoms. The minimum Gasteiger partial charge on any atom is -0.497 e. The highest BCUT2D eigenvalue weighted by atomic mass is 16.5. The quantitative estimate of drug-likeness (QED) is 0.558. The zero-order chi connectivity index (χ0) is 20.1. The third-order valence-electron chi connectivity index (χ3n) is 4.08. The number of amides is 2. The van der Waals surface area contributed by atoms with Crippen LogP contribution in [0.5, 0.6) is 11.5 Å². The first-order chi connectivity index (χ1) is 13.6. The van der Waals surface area contributed by atoms with Crippen LogP contribution < -0.4 is 20.1 Å². The minimum absolute atomic E-state index is 0.153. The van der Waals surface area contributed by atoms with Gasteiger partial charge in [-0.3, -0.25) is 0 Å². The summed E-state index contributed by atoms with van der Waals surface area (Å²) >= 11 is 0. The molecule has 0 fully saturated rings. The number of anilines is 2. The highest BCUT2D eigenvalue weighted by Gasteiger charge is 2.21. The Morgan fingerprint density at radius 3 is 2.54 bits per heavy atom. The van der Waals surface area contributed by atoms with E-state index < -0.39 is 12.0 Å². The van der Waals surface area contributed by atoms with Crippen molar-refractivity contribution in [3.63, 3.8) is 0 Å². The molecule has 0 bridgehead atoms. The van der Waals surface area contributed by atoms with E-state index in [-0.39, 0.29) is 12.3 Å². The fraction of sp³-hybridized carbons (Fsp3) is 0.200. The van der Waals surface area contributed by atoms with Crippen LogP contribution in [-0.2, 0) is 4.74 Å². The summed E-state index contributed by atoms with van der Waals surface area (Å²) in [6.07, 6.45) is 0. The number of H-pyrrole nitrogens is 1. The lowest BCUT2D eigenvalue weighted by molar-refractivity contribution is 0.0522. The third kappa shape index (κ3) is 3.85. The van der Waals surface area contributed by atoms with Crippen molar-refractivity contribution in [2.24, 2.45) is 0 Å². The number of rotatable bonds is 6. The zero-order valence-electron chi connectivity index (χ0n) is 15.8. The van der Waals surface area contributed by atoms with Crippen LogP contribution in [-0.4, -0.2) is 37.8 Å². The molecule has 0 radical (unpaired) electrons. The highest BCUT2D eigenvalue weighted by Crippen LogP contribution is 2.32. The Balaban J connectivity index is 1.96. The zero-order valence-corrected chi connectivity index (χ0v) is 15.8. The number of hydrogen-bond donors (Lipinski definition) is 3. The first kappa shape index (κ1) is 19.1. The molecule has 0 atom stereocenters. The van der Waals surface area contributed by atoms with Gasteiger partial charge in [0, 0.05) is 10.9 Å². The number of aromatic nitrogens is 1. The molecular weight excluding hydrogens is 362 g/mol. The summed E-state index contributed by atoms with van der Waals surface area (Å²) in [5, 5.41) is 6.07. The van der Waals surface area contributed by atoms with Gasteiger partial charge < -0.3 is 29.8 Å². The molecule has 3 rings (SSSR count). The monoisotopic (exact) mass is 383 g/mol. The lowest BCUT2D eigenvalue weighted by Crippen LogP contribution is -2.21. The van der Waals surface area contributed by atoms with Crippen LogP contribution in [0.4, 0.5) is 16.2 Å². The van der Waals surface area contributed by atoms with Gasteiger partial charge in [-0.15, -0.1) is 0 Å². The van der Waals surface area contributed by atoms with Crippen LogP contribution in [0.15, 0.2) is 42.5 Å². The van der Waals surface area contributed by atoms with Gasteiger partial charge in [-0.05, 0) is 37.3 Å². The summed E-state index contributed by atoms with van der Waals surface area (Å²) in [5.74, 6) is 0.546. The maximum Gasteiger partial charge on any atom is 0.356 e. The number of methoxy groups -OCH3 is 2. The largest absolute Gasteiger partial charge is 0.497 e. The predicted octanol–water partition coefficient (Wildman–Crippen LogP) is 4.01. The summed E-state index contributed by atoms with van der Waals surface area (Å²) < 4.78 is 15.6. The molecule has 0 aliphatic rings. The van der Waals surface area contributed by atoms with Crippen molar-refractivity contribution in [3.05, 3.63) is 48.2 Å². The van der Waals surface area contributed by atoms with E-state index >= 15 is 0 Å². The Morgan fingerprint density at radius 1 is 1.04 bits per heavy atom. The number of fused-ring (bicyclic) bond motifs is 1. The lowest BCUT2D eigenvalue weighted by Gasteiger charge is -2.11. The molecule has 2 aromatic carbocycles. The molecule has 8 heteroatoms. The molecule has 1 heterocycles. The Labute approximate surface area is 161 Å². The second-order valence-corrected chi connectivity index (χ2v) is 5.79. The molecule has 0 unspecified atom stereocenters. The van der Waals surface area contributed by atoms with Gasteiger partial charge in [0.2, 0.25) is 0 Å². The molecule has 146 valence electrons. The summed E-state index contributed by atoms with van der Waals surface area (Å²) in [5.41, 5.74) is 1.62. The molecular formula is C20H21N3O5. The normalized spacial score (nSPS) is 10.4. The third-order valence-corrected chi connectivity index (χ3v) is 4.08. The van der Waals surface area contributed by atoms with Crippen LogP contribution in [0, 0.1) is 0 Å². The number of urea groups is 1. The van der Waals surface area contributed by atoms with Gasteiger partial charge in [0.25, 0.3) is 0 Å². The topological polar surface area (TPSA) is 102 Å². The number of esters is 1. The van der Waals surface area contributed by atoms with E-state index in [0.29, 0.717) is 33.8 Å². The molecule has 0 saturated heterocycles. The van der Waals surface area contributed by atoms with E-state index in [0.717, 1.165) is 0 Å². The standard InChI is InChI=1S/C20H21N3O5/c1-4-28-19(24)18-17(13-11-12(26-2)9-10-14(13)21-18)23-20(25)22-15-7-5-6-8-16(15)27-3/h5-11,21H,4H2,1-3H3,(H2,22,23,25). The van der Waals surface area contributed by atoms with Gasteiger partial charge in [-0.2, -0.15) is 0 Å². The first-order valence-corrected chi connectivity index (χ1v) is 8.65. The molecule has 0 spiro atoms. The second-order valence-electron chi connectivity index (χ2n) is 5.79. The summed E-state index contributed by atoms with van der Waals surface area (Å²) in [4.78, 5) is 28.0. The highest BCUT2D eigenvalue weighted by molar-refractivity contribution is 6.13. The molecule has 0 saturated carbocycles. The smallest absolute Gasteiger partial charge is 0.356 e. The number of nitrogens with one attached hydrogen (secondary N) is 3. The van der Waals surface area contributed by atoms with Crippen LogP contribution in [0.1, 0.15) is 17.4 Å². The van der Waals surface area contributed by atoms with Crippen molar-refractivity contribution < 1.29 is 23.8 Å². The van der Waals surface area contributed by atoms with Crippen molar-refractivity contribution in [3.8, 4) is 11.5 Å². The van der Waals surface area contributed by atoms with Crippen LogP contribution in [0.25, 0.3) is 10.9 Å². The fourth-order valence-electron chi connectivity index (χ4n) is 2.80. The van der Waals surface area contributed by atoms with Crippen LogP contribution in [0.3, 0.4) is 0 Å². The number of aromatic amines is 1. The van der Waals surface area contributed by atoms with Crippen molar-refractivity contribution in [1.82, 2.24) is 4.98 Å². The number of benzene rings is 2. The van der Waals surface area contributed by atoms with Crippen molar-refractivity contribution >= 4 is 34.3 Å². The van der Waals surface area contributed by atoms with E-state index in [9.17, 15) is 9.59 Å². The average Bonchev–Trinajstić information content (AvgIpc) is 3.06. The van der Waals surface area contributed by atoms with Gasteiger partial charge in [0.05, 0.1) is 32.2 Å². The van der Waals surface area contributed by atoms with Gasteiger partial charge in [0.1, 0.15) is 17.2 Å². The van der Waals surface area contributed by atoms with Crippen molar-refractivity contribution in [1.29, 1.82) is 0 Å². The molecule has 3 aromatic rings. The van der Waals surface area contributed by atoms with E-state index in [1.54, 1.807) is 56.5 Å². The number of carbonyl (C=O) groups is 2. The molecule has 8 nitrogen and oxygen atoms in total. The summed E-state index contributed by atoms with van der Waals surface area (Å²) in [6.45, 7) is 1.93. The van der Waals surface area contributed by atoms with E-state index in [4.69, 9.17) is 14.2 Å². The molecule has 0 aliphatic carbocycles. The van der Waals surface area contributed by atoms with Crippen molar-refractivity contribution in [2.45, 2.75) is 6.92 Å². The van der Waals surface area contributed by atoms with Gasteiger partial charge >= 0.3 is 12.0 Å². The van der Waals surface area contributed by atoms with Crippen molar-refractivity contribution in [2.75, 3.05) is 31.5 Å². The Bertz CT molecular complexity index is 1010. The fourth-order valence-corrected chi connectivity index (χ4v) is 2.80.